The number of nitrogens with one attached hydrogen (secondary N) is 1. The van der Waals surface area contributed by atoms with Crippen molar-refractivity contribution in [2.45, 2.75) is 50.9 Å². The number of aliphatic hydroxyl groups is 1. The summed E-state index contributed by atoms with van der Waals surface area (Å²) in [5, 5.41) is 13.3. The monoisotopic (exact) mass is 331 g/mol. The van der Waals surface area contributed by atoms with Crippen molar-refractivity contribution in [3.63, 3.8) is 0 Å². The van der Waals surface area contributed by atoms with Gasteiger partial charge >= 0.3 is 0 Å². The van der Waals surface area contributed by atoms with Crippen molar-refractivity contribution in [2.24, 2.45) is 0 Å². The van der Waals surface area contributed by atoms with Crippen molar-refractivity contribution in [2.75, 3.05) is 0 Å². The number of hydrogen-bond donors (Lipinski definition) is 2. The van der Waals surface area contributed by atoms with Crippen LogP contribution in [0.1, 0.15) is 32.6 Å². The molecule has 1 atom stereocenters. The summed E-state index contributed by atoms with van der Waals surface area (Å²) in [5.41, 5.74) is 0. The molecule has 0 radical (unpaired) electrons. The SMILES string of the molecule is C[C@H](Oc1cc(Cl)cc(Cl)c1)C(=O)NC1CCC(O)CC1. The first-order valence-electron chi connectivity index (χ1n) is 7.05. The maximum Gasteiger partial charge on any atom is 0.260 e. The van der Waals surface area contributed by atoms with Crippen LogP contribution in [0.25, 0.3) is 0 Å². The summed E-state index contributed by atoms with van der Waals surface area (Å²) >= 11 is 11.8. The number of hydrogen-bond acceptors (Lipinski definition) is 3. The Bertz CT molecular complexity index is 481. The minimum absolute atomic E-state index is 0.106. The van der Waals surface area contributed by atoms with Crippen LogP contribution in [0.15, 0.2) is 18.2 Å². The van der Waals surface area contributed by atoms with Gasteiger partial charge in [0.25, 0.3) is 5.91 Å². The number of carbonyl (C=O) groups excluding carboxylic acids is 1. The fraction of sp³-hybridized carbons (Fsp3) is 0.533. The van der Waals surface area contributed by atoms with E-state index in [1.807, 2.05) is 0 Å². The topological polar surface area (TPSA) is 58.6 Å². The summed E-state index contributed by atoms with van der Waals surface area (Å²) in [6.07, 6.45) is 2.17. The minimum atomic E-state index is -0.633. The highest BCUT2D eigenvalue weighted by molar-refractivity contribution is 6.34. The fourth-order valence-corrected chi connectivity index (χ4v) is 2.90. The summed E-state index contributed by atoms with van der Waals surface area (Å²) in [7, 11) is 0. The number of aliphatic hydroxyl groups excluding tert-OH is 1. The predicted molar refractivity (Wildman–Crippen MR) is 83.0 cm³/mol. The lowest BCUT2D eigenvalue weighted by atomic mass is 9.93. The van der Waals surface area contributed by atoms with E-state index in [9.17, 15) is 9.90 Å². The number of benzene rings is 1. The lowest BCUT2D eigenvalue weighted by molar-refractivity contribution is -0.128. The van der Waals surface area contributed by atoms with Gasteiger partial charge in [-0.15, -0.1) is 0 Å². The van der Waals surface area contributed by atoms with Gasteiger partial charge in [0.15, 0.2) is 6.10 Å². The van der Waals surface area contributed by atoms with Crippen LogP contribution < -0.4 is 10.1 Å². The molecule has 6 heteroatoms. The van der Waals surface area contributed by atoms with E-state index in [2.05, 4.69) is 5.32 Å². The third-order valence-corrected chi connectivity index (χ3v) is 4.00. The third kappa shape index (κ3) is 5.06. The van der Waals surface area contributed by atoms with Crippen molar-refractivity contribution in [3.8, 4) is 5.75 Å². The van der Waals surface area contributed by atoms with Crippen LogP contribution >= 0.6 is 23.2 Å². The van der Waals surface area contributed by atoms with Gasteiger partial charge in [-0.1, -0.05) is 23.2 Å². The summed E-state index contributed by atoms with van der Waals surface area (Å²) in [5.74, 6) is 0.293. The highest BCUT2D eigenvalue weighted by Gasteiger charge is 2.23. The van der Waals surface area contributed by atoms with Crippen molar-refractivity contribution in [3.05, 3.63) is 28.2 Å². The van der Waals surface area contributed by atoms with Gasteiger partial charge in [0.05, 0.1) is 6.10 Å². The summed E-state index contributed by atoms with van der Waals surface area (Å²) in [4.78, 5) is 12.1. The Hall–Kier alpha value is -0.970. The van der Waals surface area contributed by atoms with Crippen molar-refractivity contribution in [1.29, 1.82) is 0 Å². The molecule has 1 saturated carbocycles. The van der Waals surface area contributed by atoms with E-state index >= 15 is 0 Å². The van der Waals surface area contributed by atoms with Gasteiger partial charge in [-0.3, -0.25) is 4.79 Å². The maximum atomic E-state index is 12.1. The first kappa shape index (κ1) is 16.4. The number of amides is 1. The molecule has 21 heavy (non-hydrogen) atoms. The Balaban J connectivity index is 1.87. The molecule has 0 aromatic heterocycles. The predicted octanol–water partition coefficient (Wildman–Crippen LogP) is 3.18. The highest BCUT2D eigenvalue weighted by atomic mass is 35.5. The number of carbonyl (C=O) groups is 1. The van der Waals surface area contributed by atoms with Crippen LogP contribution in [0.4, 0.5) is 0 Å². The van der Waals surface area contributed by atoms with E-state index in [0.29, 0.717) is 15.8 Å². The molecule has 2 rings (SSSR count). The zero-order chi connectivity index (χ0) is 15.4. The van der Waals surface area contributed by atoms with E-state index in [-0.39, 0.29) is 18.1 Å². The Kier molecular flexibility index (Phi) is 5.73. The first-order chi connectivity index (χ1) is 9.94. The zero-order valence-corrected chi connectivity index (χ0v) is 13.3. The fourth-order valence-electron chi connectivity index (χ4n) is 2.39. The Morgan fingerprint density at radius 2 is 1.81 bits per heavy atom. The maximum absolute atomic E-state index is 12.1. The second kappa shape index (κ2) is 7.34. The largest absolute Gasteiger partial charge is 0.481 e. The van der Waals surface area contributed by atoms with Gasteiger partial charge in [-0.05, 0) is 50.8 Å². The quantitative estimate of drug-likeness (QED) is 0.890. The zero-order valence-electron chi connectivity index (χ0n) is 11.8. The standard InChI is InChI=1S/C15H19Cl2NO3/c1-9(21-14-7-10(16)6-11(17)8-14)15(20)18-12-2-4-13(19)5-3-12/h6-9,12-13,19H,2-5H2,1H3,(H,18,20)/t9-,12?,13?/m0/s1. The molecule has 1 aromatic rings. The second-order valence-electron chi connectivity index (χ2n) is 5.38. The van der Waals surface area contributed by atoms with Crippen LogP contribution in [-0.2, 0) is 4.79 Å². The van der Waals surface area contributed by atoms with E-state index in [1.54, 1.807) is 25.1 Å². The van der Waals surface area contributed by atoms with Crippen molar-refractivity contribution < 1.29 is 14.6 Å². The number of ether oxygens (including phenoxy) is 1. The van der Waals surface area contributed by atoms with Crippen LogP contribution in [0, 0.1) is 0 Å². The molecule has 0 heterocycles. The summed E-state index contributed by atoms with van der Waals surface area (Å²) < 4.78 is 5.57. The molecule has 0 bridgehead atoms. The van der Waals surface area contributed by atoms with Crippen LogP contribution in [0.2, 0.25) is 10.0 Å². The molecule has 0 unspecified atom stereocenters. The average molecular weight is 332 g/mol. The van der Waals surface area contributed by atoms with E-state index in [0.717, 1.165) is 25.7 Å². The van der Waals surface area contributed by atoms with Gasteiger partial charge < -0.3 is 15.2 Å². The summed E-state index contributed by atoms with van der Waals surface area (Å²) in [6, 6.07) is 4.95. The molecule has 1 aromatic carbocycles. The Morgan fingerprint density at radius 1 is 1.24 bits per heavy atom. The molecule has 4 nitrogen and oxygen atoms in total. The van der Waals surface area contributed by atoms with Crippen molar-refractivity contribution in [1.82, 2.24) is 5.32 Å². The number of rotatable bonds is 4. The highest BCUT2D eigenvalue weighted by Crippen LogP contribution is 2.25. The van der Waals surface area contributed by atoms with E-state index in [4.69, 9.17) is 27.9 Å². The van der Waals surface area contributed by atoms with Crippen LogP contribution in [0.3, 0.4) is 0 Å². The summed E-state index contributed by atoms with van der Waals surface area (Å²) in [6.45, 7) is 1.68. The average Bonchev–Trinajstić information content (AvgIpc) is 2.40. The van der Waals surface area contributed by atoms with E-state index in [1.165, 1.54) is 0 Å². The van der Waals surface area contributed by atoms with Gasteiger partial charge in [-0.2, -0.15) is 0 Å². The van der Waals surface area contributed by atoms with Crippen molar-refractivity contribution >= 4 is 29.1 Å². The molecule has 1 fully saturated rings. The molecular formula is C15H19Cl2NO3. The smallest absolute Gasteiger partial charge is 0.260 e. The number of halogens is 2. The molecule has 2 N–H and O–H groups in total. The molecule has 1 aliphatic rings. The van der Waals surface area contributed by atoms with E-state index < -0.39 is 6.10 Å². The minimum Gasteiger partial charge on any atom is -0.481 e. The first-order valence-corrected chi connectivity index (χ1v) is 7.81. The normalized spacial score (nSPS) is 23.4. The van der Waals surface area contributed by atoms with Gasteiger partial charge in [0, 0.05) is 16.1 Å². The second-order valence-corrected chi connectivity index (χ2v) is 6.25. The molecule has 0 spiro atoms. The Morgan fingerprint density at radius 3 is 2.38 bits per heavy atom. The lowest BCUT2D eigenvalue weighted by Crippen LogP contribution is -2.44. The molecular weight excluding hydrogens is 313 g/mol. The van der Waals surface area contributed by atoms with Gasteiger partial charge in [-0.25, -0.2) is 0 Å². The molecule has 0 aliphatic heterocycles. The van der Waals surface area contributed by atoms with Gasteiger partial charge in [0.1, 0.15) is 5.75 Å². The molecule has 1 aliphatic carbocycles. The lowest BCUT2D eigenvalue weighted by Gasteiger charge is -2.27. The van der Waals surface area contributed by atoms with Crippen LogP contribution in [0.5, 0.6) is 5.75 Å². The third-order valence-electron chi connectivity index (χ3n) is 3.56. The van der Waals surface area contributed by atoms with Gasteiger partial charge in [0.2, 0.25) is 0 Å². The molecule has 0 saturated heterocycles. The van der Waals surface area contributed by atoms with Crippen LogP contribution in [-0.4, -0.2) is 29.3 Å². The Labute approximate surface area is 134 Å². The molecule has 116 valence electrons. The molecule has 1 amide bonds.